The molecule has 0 bridgehead atoms. The Labute approximate surface area is 138 Å². The van der Waals surface area contributed by atoms with Gasteiger partial charge in [0, 0.05) is 34.4 Å². The highest BCUT2D eigenvalue weighted by Crippen LogP contribution is 2.31. The lowest BCUT2D eigenvalue weighted by atomic mass is 9.82. The van der Waals surface area contributed by atoms with Crippen LogP contribution in [0.2, 0.25) is 0 Å². The normalized spacial score (nSPS) is 22.3. The van der Waals surface area contributed by atoms with Crippen LogP contribution in [0.5, 0.6) is 0 Å². The number of carbonyl (C=O) groups excluding carboxylic acids is 2. The predicted octanol–water partition coefficient (Wildman–Crippen LogP) is 3.91. The van der Waals surface area contributed by atoms with E-state index in [2.05, 4.69) is 19.2 Å². The van der Waals surface area contributed by atoms with Gasteiger partial charge in [-0.3, -0.25) is 9.59 Å². The average Bonchev–Trinajstić information content (AvgIpc) is 2.54. The number of hydrogen-bond acceptors (Lipinski definition) is 3. The van der Waals surface area contributed by atoms with Gasteiger partial charge in [0.15, 0.2) is 5.78 Å². The van der Waals surface area contributed by atoms with Crippen molar-refractivity contribution in [1.29, 1.82) is 0 Å². The molecule has 2 aliphatic rings. The van der Waals surface area contributed by atoms with E-state index in [1.807, 2.05) is 18.2 Å². The molecule has 122 valence electrons. The van der Waals surface area contributed by atoms with Gasteiger partial charge in [-0.25, -0.2) is 0 Å². The minimum absolute atomic E-state index is 0.0889. The van der Waals surface area contributed by atoms with Crippen molar-refractivity contribution >= 4 is 17.8 Å². The molecule has 0 atom stereocenters. The van der Waals surface area contributed by atoms with Crippen molar-refractivity contribution < 1.29 is 9.59 Å². The van der Waals surface area contributed by atoms with Gasteiger partial charge in [-0.2, -0.15) is 0 Å². The number of hydrogen-bond donors (Lipinski definition) is 1. The summed E-state index contributed by atoms with van der Waals surface area (Å²) in [6, 6.07) is 5.76. The summed E-state index contributed by atoms with van der Waals surface area (Å²) < 4.78 is 0. The fourth-order valence-corrected chi connectivity index (χ4v) is 3.79. The first-order valence-corrected chi connectivity index (χ1v) is 8.61. The van der Waals surface area contributed by atoms with Gasteiger partial charge in [-0.15, -0.1) is 0 Å². The molecule has 1 saturated carbocycles. The first kappa shape index (κ1) is 16.0. The molecule has 3 heteroatoms. The van der Waals surface area contributed by atoms with Crippen LogP contribution in [-0.4, -0.2) is 17.6 Å². The molecule has 3 nitrogen and oxygen atoms in total. The van der Waals surface area contributed by atoms with Crippen molar-refractivity contribution in [3.05, 3.63) is 41.0 Å². The van der Waals surface area contributed by atoms with Crippen molar-refractivity contribution in [3.63, 3.8) is 0 Å². The summed E-state index contributed by atoms with van der Waals surface area (Å²) in [4.78, 5) is 23.7. The summed E-state index contributed by atoms with van der Waals surface area (Å²) in [6.07, 6.45) is 9.10. The number of nitrogens with one attached hydrogen (secondary N) is 1. The van der Waals surface area contributed by atoms with Crippen LogP contribution in [0, 0.1) is 5.92 Å². The maximum Gasteiger partial charge on any atom is 0.160 e. The summed E-state index contributed by atoms with van der Waals surface area (Å²) in [5.74, 6) is 0.396. The van der Waals surface area contributed by atoms with Crippen molar-refractivity contribution in [2.75, 3.05) is 0 Å². The van der Waals surface area contributed by atoms with Crippen molar-refractivity contribution in [2.24, 2.45) is 5.92 Å². The van der Waals surface area contributed by atoms with E-state index in [-0.39, 0.29) is 17.2 Å². The van der Waals surface area contributed by atoms with Gasteiger partial charge in [0.1, 0.15) is 6.29 Å². The van der Waals surface area contributed by atoms with Crippen LogP contribution in [0.1, 0.15) is 67.4 Å². The Hall–Kier alpha value is -1.90. The molecule has 0 saturated heterocycles. The highest BCUT2D eigenvalue weighted by Gasteiger charge is 2.29. The molecule has 0 unspecified atom stereocenters. The van der Waals surface area contributed by atoms with Crippen LogP contribution in [0.3, 0.4) is 0 Å². The molecule has 1 aromatic carbocycles. The van der Waals surface area contributed by atoms with E-state index in [1.165, 1.54) is 12.0 Å². The molecular weight excluding hydrogens is 286 g/mol. The second-order valence-corrected chi connectivity index (χ2v) is 7.52. The third-order valence-electron chi connectivity index (χ3n) is 4.96. The van der Waals surface area contributed by atoms with Gasteiger partial charge in [0.05, 0.1) is 0 Å². The Morgan fingerprint density at radius 1 is 1.22 bits per heavy atom. The van der Waals surface area contributed by atoms with Gasteiger partial charge >= 0.3 is 0 Å². The topological polar surface area (TPSA) is 46.2 Å². The van der Waals surface area contributed by atoms with Crippen LogP contribution >= 0.6 is 0 Å². The molecule has 0 aromatic heterocycles. The summed E-state index contributed by atoms with van der Waals surface area (Å²) in [5.41, 5.74) is 3.63. The lowest BCUT2D eigenvalue weighted by Gasteiger charge is -2.36. The fraction of sp³-hybridized carbons (Fsp3) is 0.500. The standard InChI is InChI=1S/C20H25NO2/c1-20(2)12-16-9-8-14(13-22)10-17(16)18(21-20)11-19(23)15-6-4-3-5-7-15/h8-11,13,15,21H,3-7,12H2,1-2H3. The summed E-state index contributed by atoms with van der Waals surface area (Å²) in [7, 11) is 0. The van der Waals surface area contributed by atoms with Crippen LogP contribution in [0.15, 0.2) is 24.3 Å². The van der Waals surface area contributed by atoms with Crippen molar-refractivity contribution in [3.8, 4) is 0 Å². The maximum absolute atomic E-state index is 12.7. The first-order chi connectivity index (χ1) is 11.0. The zero-order valence-electron chi connectivity index (χ0n) is 14.0. The molecule has 1 heterocycles. The number of benzene rings is 1. The second-order valence-electron chi connectivity index (χ2n) is 7.52. The van der Waals surface area contributed by atoms with Crippen molar-refractivity contribution in [2.45, 2.75) is 57.9 Å². The van der Waals surface area contributed by atoms with Crippen LogP contribution in [0.4, 0.5) is 0 Å². The van der Waals surface area contributed by atoms with E-state index >= 15 is 0 Å². The predicted molar refractivity (Wildman–Crippen MR) is 92.3 cm³/mol. The molecule has 1 aromatic rings. The van der Waals surface area contributed by atoms with Crippen LogP contribution in [-0.2, 0) is 11.2 Å². The molecule has 0 amide bonds. The van der Waals surface area contributed by atoms with Gasteiger partial charge in [-0.1, -0.05) is 31.4 Å². The van der Waals surface area contributed by atoms with E-state index in [0.717, 1.165) is 49.7 Å². The van der Waals surface area contributed by atoms with Crippen LogP contribution < -0.4 is 5.32 Å². The SMILES string of the molecule is CC1(C)Cc2ccc(C=O)cc2C(=CC(=O)C2CCCCC2)N1. The van der Waals surface area contributed by atoms with E-state index in [0.29, 0.717) is 5.56 Å². The zero-order valence-corrected chi connectivity index (χ0v) is 14.0. The molecule has 1 aliphatic carbocycles. The number of allylic oxidation sites excluding steroid dienone is 1. The van der Waals surface area contributed by atoms with Crippen LogP contribution in [0.25, 0.3) is 5.70 Å². The number of aldehydes is 1. The Balaban J connectivity index is 1.95. The Morgan fingerprint density at radius 3 is 2.65 bits per heavy atom. The molecule has 0 spiro atoms. The minimum atomic E-state index is -0.0889. The van der Waals surface area contributed by atoms with Crippen molar-refractivity contribution in [1.82, 2.24) is 5.32 Å². The highest BCUT2D eigenvalue weighted by atomic mass is 16.1. The molecular formula is C20H25NO2. The lowest BCUT2D eigenvalue weighted by molar-refractivity contribution is -0.119. The monoisotopic (exact) mass is 311 g/mol. The molecule has 1 N–H and O–H groups in total. The van der Waals surface area contributed by atoms with Gasteiger partial charge in [0.2, 0.25) is 0 Å². The number of ketones is 1. The average molecular weight is 311 g/mol. The molecule has 3 rings (SSSR count). The van der Waals surface area contributed by atoms with E-state index < -0.39 is 0 Å². The van der Waals surface area contributed by atoms with Gasteiger partial charge < -0.3 is 5.32 Å². The van der Waals surface area contributed by atoms with Gasteiger partial charge in [0.25, 0.3) is 0 Å². The summed E-state index contributed by atoms with van der Waals surface area (Å²) >= 11 is 0. The molecule has 0 radical (unpaired) electrons. The second kappa shape index (κ2) is 6.31. The maximum atomic E-state index is 12.7. The van der Waals surface area contributed by atoms with E-state index in [4.69, 9.17) is 0 Å². The molecule has 1 aliphatic heterocycles. The Morgan fingerprint density at radius 2 is 1.96 bits per heavy atom. The zero-order chi connectivity index (χ0) is 16.4. The lowest BCUT2D eigenvalue weighted by Crippen LogP contribution is -2.44. The minimum Gasteiger partial charge on any atom is -0.379 e. The number of carbonyl (C=O) groups is 2. The first-order valence-electron chi connectivity index (χ1n) is 8.61. The summed E-state index contributed by atoms with van der Waals surface area (Å²) in [5, 5.41) is 3.49. The van der Waals surface area contributed by atoms with E-state index in [1.54, 1.807) is 6.08 Å². The smallest absolute Gasteiger partial charge is 0.160 e. The summed E-state index contributed by atoms with van der Waals surface area (Å²) in [6.45, 7) is 4.28. The van der Waals surface area contributed by atoms with E-state index in [9.17, 15) is 9.59 Å². The Bertz CT molecular complexity index is 652. The van der Waals surface area contributed by atoms with Gasteiger partial charge in [-0.05, 0) is 44.7 Å². The quantitative estimate of drug-likeness (QED) is 0.680. The highest BCUT2D eigenvalue weighted by molar-refractivity contribution is 5.99. The largest absolute Gasteiger partial charge is 0.379 e. The fourth-order valence-electron chi connectivity index (χ4n) is 3.79. The third-order valence-corrected chi connectivity index (χ3v) is 4.96. The molecule has 1 fully saturated rings. The molecule has 23 heavy (non-hydrogen) atoms. The third kappa shape index (κ3) is 3.54. The number of rotatable bonds is 3. The Kier molecular flexibility index (Phi) is 4.38. The number of fused-ring (bicyclic) bond motifs is 1.